The first-order chi connectivity index (χ1) is 12.5. The van der Waals surface area contributed by atoms with E-state index < -0.39 is 0 Å². The van der Waals surface area contributed by atoms with E-state index in [1.165, 1.54) is 7.11 Å². The normalized spacial score (nSPS) is 17.2. The summed E-state index contributed by atoms with van der Waals surface area (Å²) in [5.41, 5.74) is 0.971. The first-order valence-electron chi connectivity index (χ1n) is 9.21. The molecule has 0 saturated carbocycles. The highest BCUT2D eigenvalue weighted by atomic mass is 16.5. The Morgan fingerprint density at radius 2 is 2.27 bits per heavy atom. The van der Waals surface area contributed by atoms with Gasteiger partial charge in [0.05, 0.1) is 0 Å². The molecule has 0 aliphatic carbocycles. The van der Waals surface area contributed by atoms with E-state index in [1.54, 1.807) is 12.4 Å². The average Bonchev–Trinajstić information content (AvgIpc) is 2.65. The standard InChI is InChI=1S/C19H30N4O3/c1-15(2)10-21-19(25)22-9-5-7-17(13-22)23(18(24)14-26-3)12-16-6-4-8-20-11-16/h4,6,8,11,15,17H,5,7,9-10,12-14H2,1-3H3,(H,21,25). The number of likely N-dealkylation sites (tertiary alicyclic amines) is 1. The topological polar surface area (TPSA) is 74.8 Å². The molecule has 1 aromatic rings. The molecule has 1 aliphatic heterocycles. The smallest absolute Gasteiger partial charge is 0.317 e. The van der Waals surface area contributed by atoms with Crippen LogP contribution in [0, 0.1) is 5.92 Å². The van der Waals surface area contributed by atoms with Crippen LogP contribution in [0.2, 0.25) is 0 Å². The lowest BCUT2D eigenvalue weighted by Gasteiger charge is -2.39. The first-order valence-corrected chi connectivity index (χ1v) is 9.21. The van der Waals surface area contributed by atoms with Crippen LogP contribution in [0.25, 0.3) is 0 Å². The van der Waals surface area contributed by atoms with Crippen molar-refractivity contribution in [1.29, 1.82) is 0 Å². The van der Waals surface area contributed by atoms with Crippen molar-refractivity contribution in [2.75, 3.05) is 33.4 Å². The molecule has 1 aliphatic rings. The van der Waals surface area contributed by atoms with Crippen molar-refractivity contribution in [3.63, 3.8) is 0 Å². The number of hydrogen-bond acceptors (Lipinski definition) is 4. The molecule has 1 aromatic heterocycles. The van der Waals surface area contributed by atoms with Gasteiger partial charge in [0.2, 0.25) is 5.91 Å². The van der Waals surface area contributed by atoms with Crippen molar-refractivity contribution >= 4 is 11.9 Å². The number of aromatic nitrogens is 1. The van der Waals surface area contributed by atoms with Gasteiger partial charge >= 0.3 is 6.03 Å². The van der Waals surface area contributed by atoms with Crippen molar-refractivity contribution in [3.05, 3.63) is 30.1 Å². The zero-order chi connectivity index (χ0) is 18.9. The summed E-state index contributed by atoms with van der Waals surface area (Å²) in [6, 6.07) is 3.75. The van der Waals surface area contributed by atoms with Crippen LogP contribution in [0.1, 0.15) is 32.3 Å². The number of urea groups is 1. The number of piperidine rings is 1. The number of nitrogens with zero attached hydrogens (tertiary/aromatic N) is 3. The van der Waals surface area contributed by atoms with Crippen molar-refractivity contribution in [2.45, 2.75) is 39.3 Å². The van der Waals surface area contributed by atoms with Crippen LogP contribution in [0.4, 0.5) is 4.79 Å². The van der Waals surface area contributed by atoms with E-state index in [-0.39, 0.29) is 24.6 Å². The molecule has 0 aromatic carbocycles. The number of amides is 3. The van der Waals surface area contributed by atoms with Gasteiger partial charge in [-0.25, -0.2) is 4.79 Å². The molecule has 2 rings (SSSR count). The fraction of sp³-hybridized carbons (Fsp3) is 0.632. The monoisotopic (exact) mass is 362 g/mol. The van der Waals surface area contributed by atoms with Gasteiger partial charge in [0.1, 0.15) is 6.61 Å². The Labute approximate surface area is 155 Å². The van der Waals surface area contributed by atoms with Gasteiger partial charge < -0.3 is 19.9 Å². The third kappa shape index (κ3) is 5.98. The van der Waals surface area contributed by atoms with Gasteiger partial charge in [0.15, 0.2) is 0 Å². The molecule has 26 heavy (non-hydrogen) atoms. The van der Waals surface area contributed by atoms with Crippen LogP contribution in [0.5, 0.6) is 0 Å². The lowest BCUT2D eigenvalue weighted by molar-refractivity contribution is -0.139. The molecule has 3 amide bonds. The predicted molar refractivity (Wildman–Crippen MR) is 99.5 cm³/mol. The summed E-state index contributed by atoms with van der Waals surface area (Å²) in [5.74, 6) is 0.343. The van der Waals surface area contributed by atoms with E-state index in [9.17, 15) is 9.59 Å². The molecule has 1 unspecified atom stereocenters. The zero-order valence-electron chi connectivity index (χ0n) is 16.0. The number of methoxy groups -OCH3 is 1. The zero-order valence-corrected chi connectivity index (χ0v) is 16.0. The van der Waals surface area contributed by atoms with E-state index in [4.69, 9.17) is 4.74 Å². The van der Waals surface area contributed by atoms with Crippen molar-refractivity contribution in [1.82, 2.24) is 20.1 Å². The summed E-state index contributed by atoms with van der Waals surface area (Å²) >= 11 is 0. The molecule has 1 N–H and O–H groups in total. The second-order valence-corrected chi connectivity index (χ2v) is 7.14. The summed E-state index contributed by atoms with van der Waals surface area (Å²) in [6.07, 6.45) is 5.24. The fourth-order valence-corrected chi connectivity index (χ4v) is 3.11. The second kappa shape index (κ2) is 10.1. The van der Waals surface area contributed by atoms with Crippen LogP contribution in [0.3, 0.4) is 0 Å². The SMILES string of the molecule is COCC(=O)N(Cc1cccnc1)C1CCCN(C(=O)NCC(C)C)C1. The minimum atomic E-state index is -0.0641. The Bertz CT molecular complexity index is 579. The molecule has 0 spiro atoms. The minimum absolute atomic E-state index is 0.0172. The van der Waals surface area contributed by atoms with Gasteiger partial charge in [-0.1, -0.05) is 19.9 Å². The number of carbonyl (C=O) groups is 2. The van der Waals surface area contributed by atoms with Gasteiger partial charge in [-0.3, -0.25) is 9.78 Å². The number of carbonyl (C=O) groups excluding carboxylic acids is 2. The number of ether oxygens (including phenoxy) is 1. The molecule has 0 bridgehead atoms. The molecule has 7 nitrogen and oxygen atoms in total. The molecule has 144 valence electrons. The van der Waals surface area contributed by atoms with E-state index in [1.807, 2.05) is 21.9 Å². The maximum atomic E-state index is 12.6. The summed E-state index contributed by atoms with van der Waals surface area (Å²) in [4.78, 5) is 32.8. The summed E-state index contributed by atoms with van der Waals surface area (Å²) in [6.45, 7) is 6.57. The van der Waals surface area contributed by atoms with Crippen LogP contribution in [-0.4, -0.2) is 66.1 Å². The summed E-state index contributed by atoms with van der Waals surface area (Å²) in [5, 5.41) is 2.96. The Morgan fingerprint density at radius 1 is 1.46 bits per heavy atom. The molecule has 2 heterocycles. The van der Waals surface area contributed by atoms with Crippen LogP contribution in [-0.2, 0) is 16.1 Å². The van der Waals surface area contributed by atoms with Crippen molar-refractivity contribution < 1.29 is 14.3 Å². The van der Waals surface area contributed by atoms with Crippen molar-refractivity contribution in [3.8, 4) is 0 Å². The lowest BCUT2D eigenvalue weighted by atomic mass is 10.0. The fourth-order valence-electron chi connectivity index (χ4n) is 3.11. The lowest BCUT2D eigenvalue weighted by Crippen LogP contribution is -2.54. The Morgan fingerprint density at radius 3 is 2.92 bits per heavy atom. The van der Waals surface area contributed by atoms with Gasteiger partial charge in [0.25, 0.3) is 0 Å². The third-order valence-corrected chi connectivity index (χ3v) is 4.45. The number of rotatable bonds is 7. The highest BCUT2D eigenvalue weighted by Gasteiger charge is 2.30. The molecule has 1 saturated heterocycles. The highest BCUT2D eigenvalue weighted by molar-refractivity contribution is 5.78. The molecule has 7 heteroatoms. The Hall–Kier alpha value is -2.15. The largest absolute Gasteiger partial charge is 0.375 e. The highest BCUT2D eigenvalue weighted by Crippen LogP contribution is 2.19. The quantitative estimate of drug-likeness (QED) is 0.804. The second-order valence-electron chi connectivity index (χ2n) is 7.14. The maximum Gasteiger partial charge on any atom is 0.317 e. The molecular formula is C19H30N4O3. The van der Waals surface area contributed by atoms with Crippen molar-refractivity contribution in [2.24, 2.45) is 5.92 Å². The Balaban J connectivity index is 2.05. The maximum absolute atomic E-state index is 12.6. The van der Waals surface area contributed by atoms with Crippen LogP contribution >= 0.6 is 0 Å². The molecule has 0 radical (unpaired) electrons. The van der Waals surface area contributed by atoms with E-state index in [2.05, 4.69) is 24.1 Å². The first kappa shape index (κ1) is 20.2. The summed E-state index contributed by atoms with van der Waals surface area (Å²) < 4.78 is 5.05. The molecular weight excluding hydrogens is 332 g/mol. The molecule has 1 fully saturated rings. The minimum Gasteiger partial charge on any atom is -0.375 e. The van der Waals surface area contributed by atoms with E-state index in [0.29, 0.717) is 25.6 Å². The van der Waals surface area contributed by atoms with Crippen LogP contribution < -0.4 is 5.32 Å². The average molecular weight is 362 g/mol. The summed E-state index contributed by atoms with van der Waals surface area (Å²) in [7, 11) is 1.52. The van der Waals surface area contributed by atoms with E-state index >= 15 is 0 Å². The molecule has 1 atom stereocenters. The Kier molecular flexibility index (Phi) is 7.84. The van der Waals surface area contributed by atoms with Gasteiger partial charge in [-0.2, -0.15) is 0 Å². The predicted octanol–water partition coefficient (Wildman–Crippen LogP) is 1.89. The number of pyridine rings is 1. The van der Waals surface area contributed by atoms with E-state index in [0.717, 1.165) is 24.9 Å². The number of hydrogen-bond donors (Lipinski definition) is 1. The van der Waals surface area contributed by atoms with Gasteiger partial charge in [-0.05, 0) is 30.4 Å². The van der Waals surface area contributed by atoms with Gasteiger partial charge in [0, 0.05) is 51.7 Å². The van der Waals surface area contributed by atoms with Gasteiger partial charge in [-0.15, -0.1) is 0 Å². The number of nitrogens with one attached hydrogen (secondary N) is 1. The van der Waals surface area contributed by atoms with Crippen LogP contribution in [0.15, 0.2) is 24.5 Å². The third-order valence-electron chi connectivity index (χ3n) is 4.45.